The van der Waals surface area contributed by atoms with E-state index in [2.05, 4.69) is 11.8 Å². The van der Waals surface area contributed by atoms with Crippen LogP contribution in [0.5, 0.6) is 0 Å². The molecular formula is C12H14ClNS. The van der Waals surface area contributed by atoms with Crippen molar-refractivity contribution in [2.24, 2.45) is 5.73 Å². The molecule has 0 saturated carbocycles. The Bertz CT molecular complexity index is 367. The van der Waals surface area contributed by atoms with Crippen LogP contribution in [-0.4, -0.2) is 11.8 Å². The van der Waals surface area contributed by atoms with Crippen molar-refractivity contribution >= 4 is 23.4 Å². The van der Waals surface area contributed by atoms with Crippen molar-refractivity contribution in [3.8, 4) is 11.8 Å². The Balaban J connectivity index is 2.38. The highest BCUT2D eigenvalue weighted by Gasteiger charge is 2.02. The van der Waals surface area contributed by atoms with Crippen LogP contribution in [0, 0.1) is 11.8 Å². The first-order chi connectivity index (χ1) is 7.22. The average Bonchev–Trinajstić information content (AvgIpc) is 2.23. The van der Waals surface area contributed by atoms with Gasteiger partial charge in [0.2, 0.25) is 0 Å². The molecule has 0 aliphatic heterocycles. The van der Waals surface area contributed by atoms with Gasteiger partial charge in [-0.1, -0.05) is 17.7 Å². The second-order valence-corrected chi connectivity index (χ2v) is 4.69. The van der Waals surface area contributed by atoms with E-state index in [1.165, 1.54) is 0 Å². The maximum atomic E-state index is 5.89. The van der Waals surface area contributed by atoms with E-state index < -0.39 is 0 Å². The van der Waals surface area contributed by atoms with Crippen LogP contribution in [0.2, 0.25) is 5.02 Å². The number of hydrogen-bond acceptors (Lipinski definition) is 2. The predicted molar refractivity (Wildman–Crippen MR) is 68.2 cm³/mol. The summed E-state index contributed by atoms with van der Waals surface area (Å²) in [4.78, 5) is 1.16. The summed E-state index contributed by atoms with van der Waals surface area (Å²) >= 11 is 7.59. The zero-order valence-electron chi connectivity index (χ0n) is 8.66. The summed E-state index contributed by atoms with van der Waals surface area (Å²) in [6.45, 7) is 1.83. The van der Waals surface area contributed by atoms with Crippen LogP contribution in [0.15, 0.2) is 29.2 Å². The van der Waals surface area contributed by atoms with Crippen molar-refractivity contribution in [3.63, 3.8) is 0 Å². The molecule has 0 heterocycles. The van der Waals surface area contributed by atoms with Gasteiger partial charge in [0.25, 0.3) is 0 Å². The van der Waals surface area contributed by atoms with Crippen LogP contribution in [0.4, 0.5) is 0 Å². The summed E-state index contributed by atoms with van der Waals surface area (Å²) in [5.41, 5.74) is 5.89. The van der Waals surface area contributed by atoms with E-state index in [0.717, 1.165) is 22.1 Å². The fourth-order valence-electron chi connectivity index (χ4n) is 1.05. The molecule has 80 valence electrons. The number of halogens is 1. The summed E-state index contributed by atoms with van der Waals surface area (Å²) in [6, 6.07) is 7.93. The third-order valence-electron chi connectivity index (χ3n) is 1.80. The van der Waals surface area contributed by atoms with Gasteiger partial charge in [-0.05, 0) is 25.1 Å². The van der Waals surface area contributed by atoms with Crippen LogP contribution in [-0.2, 0) is 0 Å². The Hall–Kier alpha value is -0.620. The molecule has 1 unspecified atom stereocenters. The van der Waals surface area contributed by atoms with Crippen LogP contribution < -0.4 is 5.73 Å². The smallest absolute Gasteiger partial charge is 0.0417 e. The lowest BCUT2D eigenvalue weighted by molar-refractivity contribution is 0.782. The van der Waals surface area contributed by atoms with Crippen molar-refractivity contribution in [2.75, 3.05) is 5.75 Å². The molecule has 0 aliphatic carbocycles. The number of nitrogens with two attached hydrogens (primary N) is 1. The van der Waals surface area contributed by atoms with E-state index in [1.807, 2.05) is 31.2 Å². The minimum atomic E-state index is 0.126. The Morgan fingerprint density at radius 2 is 2.33 bits per heavy atom. The lowest BCUT2D eigenvalue weighted by Crippen LogP contribution is -2.21. The molecule has 3 heteroatoms. The molecule has 0 radical (unpaired) electrons. The first-order valence-electron chi connectivity index (χ1n) is 4.76. The van der Waals surface area contributed by atoms with Crippen molar-refractivity contribution in [1.29, 1.82) is 0 Å². The maximum absolute atomic E-state index is 5.89. The van der Waals surface area contributed by atoms with E-state index in [1.54, 1.807) is 11.8 Å². The molecule has 2 N–H and O–H groups in total. The Kier molecular flexibility index (Phi) is 5.63. The molecule has 0 saturated heterocycles. The van der Waals surface area contributed by atoms with Crippen LogP contribution in [0.25, 0.3) is 0 Å². The molecular weight excluding hydrogens is 226 g/mol. The van der Waals surface area contributed by atoms with Crippen LogP contribution >= 0.6 is 23.4 Å². The molecule has 0 amide bonds. The van der Waals surface area contributed by atoms with Gasteiger partial charge in [0.05, 0.1) is 0 Å². The Labute approximate surface area is 100 Å². The van der Waals surface area contributed by atoms with Gasteiger partial charge >= 0.3 is 0 Å². The van der Waals surface area contributed by atoms with Crippen molar-refractivity contribution < 1.29 is 0 Å². The number of thioether (sulfide) groups is 1. The molecule has 1 aromatic carbocycles. The van der Waals surface area contributed by atoms with Crippen LogP contribution in [0.3, 0.4) is 0 Å². The van der Waals surface area contributed by atoms with Gasteiger partial charge in [0.15, 0.2) is 0 Å². The first-order valence-corrected chi connectivity index (χ1v) is 6.12. The average molecular weight is 240 g/mol. The molecule has 0 aromatic heterocycles. The highest BCUT2D eigenvalue weighted by Crippen LogP contribution is 2.22. The van der Waals surface area contributed by atoms with Gasteiger partial charge < -0.3 is 5.73 Å². The van der Waals surface area contributed by atoms with Crippen LogP contribution in [0.1, 0.15) is 13.3 Å². The topological polar surface area (TPSA) is 26.0 Å². The molecule has 0 aliphatic rings. The van der Waals surface area contributed by atoms with Crippen molar-refractivity contribution in [3.05, 3.63) is 29.3 Å². The Morgan fingerprint density at radius 1 is 1.53 bits per heavy atom. The van der Waals surface area contributed by atoms with Gasteiger partial charge in [-0.25, -0.2) is 0 Å². The predicted octanol–water partition coefficient (Wildman–Crippen LogP) is 3.17. The lowest BCUT2D eigenvalue weighted by atomic mass is 10.2. The van der Waals surface area contributed by atoms with E-state index >= 15 is 0 Å². The maximum Gasteiger partial charge on any atom is 0.0417 e. The van der Waals surface area contributed by atoms with E-state index in [4.69, 9.17) is 17.3 Å². The summed E-state index contributed by atoms with van der Waals surface area (Å²) in [6.07, 6.45) is 0.754. The highest BCUT2D eigenvalue weighted by molar-refractivity contribution is 7.99. The second kappa shape index (κ2) is 6.79. The van der Waals surface area contributed by atoms with Gasteiger partial charge in [0.1, 0.15) is 0 Å². The Morgan fingerprint density at radius 3 is 3.00 bits per heavy atom. The molecule has 1 rings (SSSR count). The standard InChI is InChI=1S/C12H14ClNS/c1-2-3-6-11(14)9-15-12-7-4-5-10(13)8-12/h4-5,7-8,11H,6,9,14H2,1H3. The van der Waals surface area contributed by atoms with Gasteiger partial charge in [-0.2, -0.15) is 0 Å². The zero-order valence-corrected chi connectivity index (χ0v) is 10.2. The minimum Gasteiger partial charge on any atom is -0.326 e. The quantitative estimate of drug-likeness (QED) is 0.645. The largest absolute Gasteiger partial charge is 0.326 e. The summed E-state index contributed by atoms with van der Waals surface area (Å²) < 4.78 is 0. The molecule has 0 bridgehead atoms. The molecule has 1 aromatic rings. The highest BCUT2D eigenvalue weighted by atomic mass is 35.5. The van der Waals surface area contributed by atoms with Crippen molar-refractivity contribution in [1.82, 2.24) is 0 Å². The van der Waals surface area contributed by atoms with E-state index in [9.17, 15) is 0 Å². The minimum absolute atomic E-state index is 0.126. The van der Waals surface area contributed by atoms with E-state index in [-0.39, 0.29) is 6.04 Å². The lowest BCUT2D eigenvalue weighted by Gasteiger charge is -2.07. The van der Waals surface area contributed by atoms with E-state index in [0.29, 0.717) is 0 Å². The number of rotatable bonds is 4. The summed E-state index contributed by atoms with van der Waals surface area (Å²) in [7, 11) is 0. The monoisotopic (exact) mass is 239 g/mol. The second-order valence-electron chi connectivity index (χ2n) is 3.16. The third kappa shape index (κ3) is 5.13. The molecule has 15 heavy (non-hydrogen) atoms. The van der Waals surface area contributed by atoms with Gasteiger partial charge in [-0.15, -0.1) is 23.6 Å². The third-order valence-corrected chi connectivity index (χ3v) is 3.22. The van der Waals surface area contributed by atoms with Crippen molar-refractivity contribution in [2.45, 2.75) is 24.3 Å². The van der Waals surface area contributed by atoms with Gasteiger partial charge in [0, 0.05) is 28.1 Å². The number of benzene rings is 1. The summed E-state index contributed by atoms with van der Waals surface area (Å²) in [5, 5.41) is 0.766. The fourth-order valence-corrected chi connectivity index (χ4v) is 2.22. The normalized spacial score (nSPS) is 11.7. The zero-order chi connectivity index (χ0) is 11.1. The summed E-state index contributed by atoms with van der Waals surface area (Å²) in [5.74, 6) is 6.70. The molecule has 1 nitrogen and oxygen atoms in total. The molecule has 0 fully saturated rings. The fraction of sp³-hybridized carbons (Fsp3) is 0.333. The first kappa shape index (κ1) is 12.4. The van der Waals surface area contributed by atoms with Gasteiger partial charge in [-0.3, -0.25) is 0 Å². The molecule has 1 atom stereocenters. The molecule has 0 spiro atoms. The SMILES string of the molecule is CC#CCC(N)CSc1cccc(Cl)c1. The number of hydrogen-bond donors (Lipinski definition) is 1.